The van der Waals surface area contributed by atoms with E-state index in [0.29, 0.717) is 30.2 Å². The highest BCUT2D eigenvalue weighted by molar-refractivity contribution is 5.94. The average Bonchev–Trinajstić information content (AvgIpc) is 3.67. The van der Waals surface area contributed by atoms with Gasteiger partial charge in [0.15, 0.2) is 0 Å². The third-order valence-corrected chi connectivity index (χ3v) is 6.05. The van der Waals surface area contributed by atoms with Gasteiger partial charge in [-0.2, -0.15) is 5.10 Å². The van der Waals surface area contributed by atoms with Crippen LogP contribution in [0.3, 0.4) is 0 Å². The highest BCUT2D eigenvalue weighted by atomic mass is 19.1. The summed E-state index contributed by atoms with van der Waals surface area (Å²) in [7, 11) is 0. The number of rotatable bonds is 8. The second-order valence-electron chi connectivity index (χ2n) is 8.56. The Bertz CT molecular complexity index is 1320. The molecule has 0 radical (unpaired) electrons. The maximum atomic E-state index is 13.5. The van der Waals surface area contributed by atoms with E-state index in [0.717, 1.165) is 29.8 Å². The van der Waals surface area contributed by atoms with Crippen molar-refractivity contribution in [1.82, 2.24) is 14.7 Å². The van der Waals surface area contributed by atoms with Gasteiger partial charge in [-0.15, -0.1) is 0 Å². The van der Waals surface area contributed by atoms with Crippen LogP contribution >= 0.6 is 0 Å². The van der Waals surface area contributed by atoms with Crippen molar-refractivity contribution in [2.45, 2.75) is 38.8 Å². The van der Waals surface area contributed by atoms with Gasteiger partial charge >= 0.3 is 0 Å². The molecule has 5 rings (SSSR count). The molecule has 1 fully saturated rings. The van der Waals surface area contributed by atoms with Crippen LogP contribution in [0.5, 0.6) is 11.6 Å². The SMILES string of the molecule is CCc1nn(-c2ccccc2)c(Oc2ccc(F)cc2)c1CN(C(=O)c1ccc(F)cc1)C1CC1. The first-order chi connectivity index (χ1) is 17.0. The zero-order valence-corrected chi connectivity index (χ0v) is 19.3. The van der Waals surface area contributed by atoms with Crippen LogP contribution in [0.25, 0.3) is 5.69 Å². The molecule has 7 heteroatoms. The monoisotopic (exact) mass is 473 g/mol. The fourth-order valence-corrected chi connectivity index (χ4v) is 4.07. The van der Waals surface area contributed by atoms with Gasteiger partial charge in [-0.3, -0.25) is 4.79 Å². The van der Waals surface area contributed by atoms with Crippen molar-refractivity contribution in [3.63, 3.8) is 0 Å². The summed E-state index contributed by atoms with van der Waals surface area (Å²) >= 11 is 0. The predicted molar refractivity (Wildman–Crippen MR) is 129 cm³/mol. The summed E-state index contributed by atoms with van der Waals surface area (Å²) in [6.07, 6.45) is 2.46. The lowest BCUT2D eigenvalue weighted by Crippen LogP contribution is -2.33. The molecule has 1 aliphatic rings. The Labute approximate surface area is 202 Å². The van der Waals surface area contributed by atoms with Crippen LogP contribution in [0.2, 0.25) is 0 Å². The third-order valence-electron chi connectivity index (χ3n) is 6.05. The van der Waals surface area contributed by atoms with Crippen molar-refractivity contribution in [2.24, 2.45) is 0 Å². The minimum atomic E-state index is -0.382. The molecule has 1 saturated carbocycles. The van der Waals surface area contributed by atoms with Crippen LogP contribution in [0.15, 0.2) is 78.9 Å². The largest absolute Gasteiger partial charge is 0.439 e. The minimum absolute atomic E-state index is 0.107. The van der Waals surface area contributed by atoms with Gasteiger partial charge in [0.05, 0.1) is 23.5 Å². The number of aromatic nitrogens is 2. The first kappa shape index (κ1) is 22.8. The van der Waals surface area contributed by atoms with Crippen LogP contribution in [-0.4, -0.2) is 26.6 Å². The molecule has 1 heterocycles. The van der Waals surface area contributed by atoms with Crippen molar-refractivity contribution in [3.8, 4) is 17.3 Å². The third kappa shape index (κ3) is 4.94. The number of hydrogen-bond acceptors (Lipinski definition) is 3. The highest BCUT2D eigenvalue weighted by Crippen LogP contribution is 2.36. The second-order valence-corrected chi connectivity index (χ2v) is 8.56. The van der Waals surface area contributed by atoms with E-state index in [-0.39, 0.29) is 23.6 Å². The van der Waals surface area contributed by atoms with Gasteiger partial charge in [0, 0.05) is 11.6 Å². The topological polar surface area (TPSA) is 47.4 Å². The molecule has 1 aromatic heterocycles. The van der Waals surface area contributed by atoms with E-state index < -0.39 is 0 Å². The number of halogens is 2. The Hall–Kier alpha value is -4.00. The zero-order chi connectivity index (χ0) is 24.4. The summed E-state index contributed by atoms with van der Waals surface area (Å²) in [5.74, 6) is 0.0577. The van der Waals surface area contributed by atoms with Gasteiger partial charge in [-0.25, -0.2) is 13.5 Å². The van der Waals surface area contributed by atoms with Crippen LogP contribution in [-0.2, 0) is 13.0 Å². The number of para-hydroxylation sites is 1. The second kappa shape index (κ2) is 9.70. The summed E-state index contributed by atoms with van der Waals surface area (Å²) in [6.45, 7) is 2.31. The standard InChI is InChI=1S/C28H25F2N3O2/c1-2-26-25(18-32(22-14-15-22)27(34)19-8-10-20(29)11-9-19)28(35-24-16-12-21(30)13-17-24)33(31-26)23-6-4-3-5-7-23/h3-13,16-17,22H,2,14-15,18H2,1H3. The number of hydrogen-bond donors (Lipinski definition) is 0. The Balaban J connectivity index is 1.57. The van der Waals surface area contributed by atoms with Crippen molar-refractivity contribution < 1.29 is 18.3 Å². The predicted octanol–water partition coefficient (Wildman–Crippen LogP) is 6.31. The number of amides is 1. The summed E-state index contributed by atoms with van der Waals surface area (Å²) in [5, 5.41) is 4.82. The molecule has 4 aromatic rings. The molecule has 0 atom stereocenters. The van der Waals surface area contributed by atoms with E-state index in [1.165, 1.54) is 36.4 Å². The molecule has 0 bridgehead atoms. The van der Waals surface area contributed by atoms with E-state index in [1.807, 2.05) is 42.2 Å². The summed E-state index contributed by atoms with van der Waals surface area (Å²) < 4.78 is 35.0. The van der Waals surface area contributed by atoms with E-state index in [1.54, 1.807) is 16.8 Å². The average molecular weight is 474 g/mol. The molecule has 0 aliphatic heterocycles. The van der Waals surface area contributed by atoms with Crippen LogP contribution < -0.4 is 4.74 Å². The number of ether oxygens (including phenoxy) is 1. The Morgan fingerprint density at radius 2 is 1.60 bits per heavy atom. The maximum absolute atomic E-state index is 13.5. The molecule has 0 N–H and O–H groups in total. The van der Waals surface area contributed by atoms with E-state index >= 15 is 0 Å². The number of benzene rings is 3. The molecule has 5 nitrogen and oxygen atoms in total. The normalized spacial score (nSPS) is 13.0. The smallest absolute Gasteiger partial charge is 0.254 e. The molecule has 0 saturated heterocycles. The number of aryl methyl sites for hydroxylation is 1. The molecular weight excluding hydrogens is 448 g/mol. The van der Waals surface area contributed by atoms with E-state index in [9.17, 15) is 13.6 Å². The lowest BCUT2D eigenvalue weighted by Gasteiger charge is -2.23. The molecule has 178 valence electrons. The quantitative estimate of drug-likeness (QED) is 0.301. The lowest BCUT2D eigenvalue weighted by atomic mass is 10.1. The molecule has 35 heavy (non-hydrogen) atoms. The van der Waals surface area contributed by atoms with Crippen LogP contribution in [0.4, 0.5) is 8.78 Å². The van der Waals surface area contributed by atoms with Crippen LogP contribution in [0, 0.1) is 11.6 Å². The summed E-state index contributed by atoms with van der Waals surface area (Å²) in [4.78, 5) is 15.2. The van der Waals surface area contributed by atoms with Gasteiger partial charge in [-0.1, -0.05) is 25.1 Å². The van der Waals surface area contributed by atoms with Gasteiger partial charge in [0.1, 0.15) is 17.4 Å². The van der Waals surface area contributed by atoms with Crippen molar-refractivity contribution in [1.29, 1.82) is 0 Å². The first-order valence-corrected chi connectivity index (χ1v) is 11.7. The Morgan fingerprint density at radius 1 is 0.971 bits per heavy atom. The number of nitrogens with zero attached hydrogens (tertiary/aromatic N) is 3. The van der Waals surface area contributed by atoms with Crippen molar-refractivity contribution >= 4 is 5.91 Å². The Kier molecular flexibility index (Phi) is 6.31. The number of carbonyl (C=O) groups excluding carboxylic acids is 1. The Morgan fingerprint density at radius 3 is 2.20 bits per heavy atom. The first-order valence-electron chi connectivity index (χ1n) is 11.7. The van der Waals surface area contributed by atoms with Gasteiger partial charge < -0.3 is 9.64 Å². The van der Waals surface area contributed by atoms with Crippen molar-refractivity contribution in [3.05, 3.63) is 107 Å². The molecule has 3 aromatic carbocycles. The molecule has 0 spiro atoms. The molecule has 1 aliphatic carbocycles. The number of carbonyl (C=O) groups is 1. The molecule has 0 unspecified atom stereocenters. The van der Waals surface area contributed by atoms with Crippen LogP contribution in [0.1, 0.15) is 41.4 Å². The highest BCUT2D eigenvalue weighted by Gasteiger charge is 2.35. The summed E-state index contributed by atoms with van der Waals surface area (Å²) in [5.41, 5.74) is 2.85. The summed E-state index contributed by atoms with van der Waals surface area (Å²) in [6, 6.07) is 21.1. The molecular formula is C28H25F2N3O2. The fraction of sp³-hybridized carbons (Fsp3) is 0.214. The lowest BCUT2D eigenvalue weighted by molar-refractivity contribution is 0.0728. The van der Waals surface area contributed by atoms with Gasteiger partial charge in [0.2, 0.25) is 5.88 Å². The maximum Gasteiger partial charge on any atom is 0.254 e. The van der Waals surface area contributed by atoms with Gasteiger partial charge in [-0.05, 0) is 79.9 Å². The van der Waals surface area contributed by atoms with E-state index in [2.05, 4.69) is 0 Å². The van der Waals surface area contributed by atoms with E-state index in [4.69, 9.17) is 9.84 Å². The minimum Gasteiger partial charge on any atom is -0.439 e. The molecule has 1 amide bonds. The van der Waals surface area contributed by atoms with Gasteiger partial charge in [0.25, 0.3) is 5.91 Å². The fourth-order valence-electron chi connectivity index (χ4n) is 4.07. The van der Waals surface area contributed by atoms with Crippen molar-refractivity contribution in [2.75, 3.05) is 0 Å². The zero-order valence-electron chi connectivity index (χ0n) is 19.3.